The van der Waals surface area contributed by atoms with Gasteiger partial charge in [0, 0.05) is 35.1 Å². The van der Waals surface area contributed by atoms with E-state index in [-0.39, 0.29) is 17.9 Å². The lowest BCUT2D eigenvalue weighted by Crippen LogP contribution is -2.44. The Bertz CT molecular complexity index is 525. The first-order chi connectivity index (χ1) is 10.4. The summed E-state index contributed by atoms with van der Waals surface area (Å²) in [7, 11) is 0. The highest BCUT2D eigenvalue weighted by Gasteiger charge is 2.27. The molecule has 0 spiro atoms. The van der Waals surface area contributed by atoms with Crippen molar-refractivity contribution in [1.82, 2.24) is 4.90 Å². The number of nitrogens with two attached hydrogens (primary N) is 1. The number of rotatable bonds is 4. The summed E-state index contributed by atoms with van der Waals surface area (Å²) in [6, 6.07) is 5.65. The van der Waals surface area contributed by atoms with Crippen LogP contribution in [0.5, 0.6) is 0 Å². The maximum atomic E-state index is 12.6. The Morgan fingerprint density at radius 2 is 1.95 bits per heavy atom. The molecule has 2 rings (SSSR count). The van der Waals surface area contributed by atoms with Gasteiger partial charge in [-0.3, -0.25) is 4.79 Å². The Hall–Kier alpha value is -0.770. The van der Waals surface area contributed by atoms with Crippen molar-refractivity contribution in [3.8, 4) is 0 Å². The maximum Gasteiger partial charge on any atom is 0.225 e. The summed E-state index contributed by atoms with van der Waals surface area (Å²) in [4.78, 5) is 14.5. The molecule has 1 heterocycles. The van der Waals surface area contributed by atoms with Crippen LogP contribution in [0, 0.1) is 11.8 Å². The van der Waals surface area contributed by atoms with E-state index in [9.17, 15) is 4.79 Å². The van der Waals surface area contributed by atoms with Crippen molar-refractivity contribution >= 4 is 29.1 Å². The second-order valence-electron chi connectivity index (χ2n) is 6.36. The molecule has 1 aliphatic rings. The molecule has 1 aliphatic heterocycles. The number of hydrogen-bond acceptors (Lipinski definition) is 2. The third kappa shape index (κ3) is 4.37. The van der Waals surface area contributed by atoms with E-state index in [1.165, 1.54) is 0 Å². The molecule has 2 atom stereocenters. The highest BCUT2D eigenvalue weighted by molar-refractivity contribution is 6.35. The zero-order chi connectivity index (χ0) is 16.3. The summed E-state index contributed by atoms with van der Waals surface area (Å²) in [5.41, 5.74) is 6.92. The molecule has 0 radical (unpaired) electrons. The summed E-state index contributed by atoms with van der Waals surface area (Å²) in [6.07, 6.45) is 2.64. The van der Waals surface area contributed by atoms with Gasteiger partial charge in [0.05, 0.1) is 0 Å². The largest absolute Gasteiger partial charge is 0.342 e. The Kier molecular flexibility index (Phi) is 6.13. The van der Waals surface area contributed by atoms with Gasteiger partial charge in [-0.25, -0.2) is 0 Å². The highest BCUT2D eigenvalue weighted by Crippen LogP contribution is 2.25. The molecule has 1 aromatic carbocycles. The number of nitrogens with zero attached hydrogens (tertiary/aromatic N) is 1. The quantitative estimate of drug-likeness (QED) is 0.905. The average molecular weight is 343 g/mol. The molecule has 0 saturated carbocycles. The predicted molar refractivity (Wildman–Crippen MR) is 92.3 cm³/mol. The first-order valence-corrected chi connectivity index (χ1v) is 8.62. The topological polar surface area (TPSA) is 46.3 Å². The number of halogens is 2. The Morgan fingerprint density at radius 3 is 2.50 bits per heavy atom. The molecule has 2 N–H and O–H groups in total. The van der Waals surface area contributed by atoms with Crippen LogP contribution >= 0.6 is 23.2 Å². The summed E-state index contributed by atoms with van der Waals surface area (Å²) in [5, 5.41) is 1.24. The van der Waals surface area contributed by atoms with Gasteiger partial charge >= 0.3 is 0 Å². The summed E-state index contributed by atoms with van der Waals surface area (Å²) in [5.74, 6) is 0.657. The normalized spacial score (nSPS) is 19.0. The molecule has 0 bridgehead atoms. The number of amides is 1. The lowest BCUT2D eigenvalue weighted by Gasteiger charge is -2.35. The number of hydrogen-bond donors (Lipinski definition) is 1. The summed E-state index contributed by atoms with van der Waals surface area (Å²) in [6.45, 7) is 5.63. The van der Waals surface area contributed by atoms with E-state index in [4.69, 9.17) is 28.9 Å². The molecule has 1 aromatic rings. The van der Waals surface area contributed by atoms with E-state index < -0.39 is 0 Å². The molecule has 5 heteroatoms. The lowest BCUT2D eigenvalue weighted by molar-refractivity contribution is -0.136. The van der Waals surface area contributed by atoms with Crippen LogP contribution in [0.3, 0.4) is 0 Å². The summed E-state index contributed by atoms with van der Waals surface area (Å²) < 4.78 is 0. The number of piperidine rings is 1. The van der Waals surface area contributed by atoms with Gasteiger partial charge in [-0.05, 0) is 49.8 Å². The van der Waals surface area contributed by atoms with E-state index >= 15 is 0 Å². The van der Waals surface area contributed by atoms with Crippen LogP contribution in [0.4, 0.5) is 0 Å². The van der Waals surface area contributed by atoms with Crippen LogP contribution in [0.1, 0.15) is 32.3 Å². The molecule has 1 fully saturated rings. The molecule has 3 nitrogen and oxygen atoms in total. The molecular formula is C17H24Cl2N2O. The van der Waals surface area contributed by atoms with E-state index in [0.717, 1.165) is 31.5 Å². The number of benzene rings is 1. The third-order valence-electron chi connectivity index (χ3n) is 4.56. The van der Waals surface area contributed by atoms with Gasteiger partial charge in [-0.1, -0.05) is 36.2 Å². The second kappa shape index (κ2) is 7.67. The van der Waals surface area contributed by atoms with Crippen molar-refractivity contribution in [2.45, 2.75) is 39.2 Å². The number of carbonyl (C=O) groups is 1. The van der Waals surface area contributed by atoms with Crippen molar-refractivity contribution in [1.29, 1.82) is 0 Å². The van der Waals surface area contributed by atoms with Crippen LogP contribution in [0.25, 0.3) is 0 Å². The van der Waals surface area contributed by atoms with E-state index in [1.54, 1.807) is 6.07 Å². The third-order valence-corrected chi connectivity index (χ3v) is 5.14. The van der Waals surface area contributed by atoms with Crippen molar-refractivity contribution in [2.75, 3.05) is 13.1 Å². The van der Waals surface area contributed by atoms with Gasteiger partial charge in [0.15, 0.2) is 0 Å². The van der Waals surface area contributed by atoms with Gasteiger partial charge in [-0.15, -0.1) is 0 Å². The van der Waals surface area contributed by atoms with E-state index in [1.807, 2.05) is 30.9 Å². The molecular weight excluding hydrogens is 319 g/mol. The van der Waals surface area contributed by atoms with Crippen LogP contribution in [0.2, 0.25) is 10.0 Å². The molecule has 22 heavy (non-hydrogen) atoms. The monoisotopic (exact) mass is 342 g/mol. The van der Waals surface area contributed by atoms with Crippen LogP contribution in [-0.4, -0.2) is 29.9 Å². The number of carbonyl (C=O) groups excluding carboxylic acids is 1. The fourth-order valence-electron chi connectivity index (χ4n) is 3.06. The summed E-state index contributed by atoms with van der Waals surface area (Å²) >= 11 is 12.1. The fraction of sp³-hybridized carbons (Fsp3) is 0.588. The van der Waals surface area contributed by atoms with Gasteiger partial charge in [-0.2, -0.15) is 0 Å². The first-order valence-electron chi connectivity index (χ1n) is 7.86. The zero-order valence-corrected chi connectivity index (χ0v) is 14.7. The van der Waals surface area contributed by atoms with Crippen LogP contribution in [-0.2, 0) is 11.2 Å². The Morgan fingerprint density at radius 1 is 1.32 bits per heavy atom. The van der Waals surface area contributed by atoms with Gasteiger partial charge in [0.2, 0.25) is 5.91 Å². The van der Waals surface area contributed by atoms with Crippen molar-refractivity contribution in [3.63, 3.8) is 0 Å². The second-order valence-corrected chi connectivity index (χ2v) is 7.21. The minimum absolute atomic E-state index is 0.0782. The van der Waals surface area contributed by atoms with Crippen molar-refractivity contribution in [3.05, 3.63) is 33.8 Å². The fourth-order valence-corrected chi connectivity index (χ4v) is 3.55. The van der Waals surface area contributed by atoms with Crippen molar-refractivity contribution in [2.24, 2.45) is 17.6 Å². The Labute approximate surface area is 142 Å². The van der Waals surface area contributed by atoms with E-state index in [0.29, 0.717) is 22.4 Å². The van der Waals surface area contributed by atoms with Crippen LogP contribution < -0.4 is 5.73 Å². The zero-order valence-electron chi connectivity index (χ0n) is 13.2. The van der Waals surface area contributed by atoms with E-state index in [2.05, 4.69) is 0 Å². The average Bonchev–Trinajstić information content (AvgIpc) is 2.49. The predicted octanol–water partition coefficient (Wildman–Crippen LogP) is 3.76. The highest BCUT2D eigenvalue weighted by atomic mass is 35.5. The molecule has 0 aliphatic carbocycles. The van der Waals surface area contributed by atoms with Gasteiger partial charge < -0.3 is 10.6 Å². The first kappa shape index (κ1) is 17.6. The molecule has 0 aromatic heterocycles. The Balaban J connectivity index is 1.92. The van der Waals surface area contributed by atoms with Crippen LogP contribution in [0.15, 0.2) is 18.2 Å². The minimum atomic E-state index is -0.0782. The van der Waals surface area contributed by atoms with Crippen molar-refractivity contribution < 1.29 is 4.79 Å². The molecule has 2 unspecified atom stereocenters. The minimum Gasteiger partial charge on any atom is -0.342 e. The maximum absolute atomic E-state index is 12.6. The SMILES string of the molecule is CC(Cc1ccc(Cl)cc1Cl)C(=O)N1CCC(C(C)N)CC1. The standard InChI is InChI=1S/C17H24Cl2N2O/c1-11(9-14-3-4-15(18)10-16(14)19)17(22)21-7-5-13(6-8-21)12(2)20/h3-4,10-13H,5-9,20H2,1-2H3. The van der Waals surface area contributed by atoms with Gasteiger partial charge in [0.25, 0.3) is 0 Å². The molecule has 122 valence electrons. The smallest absolute Gasteiger partial charge is 0.225 e. The number of likely N-dealkylation sites (tertiary alicyclic amines) is 1. The lowest BCUT2D eigenvalue weighted by atomic mass is 9.90. The molecule has 1 saturated heterocycles. The van der Waals surface area contributed by atoms with Gasteiger partial charge in [0.1, 0.15) is 0 Å². The molecule has 1 amide bonds.